The Balaban J connectivity index is 1.27. The third kappa shape index (κ3) is 9.04. The van der Waals surface area contributed by atoms with Gasteiger partial charge in [-0.15, -0.1) is 0 Å². The number of hydrogen-bond acceptors (Lipinski definition) is 4. The lowest BCUT2D eigenvalue weighted by molar-refractivity contribution is 0.0734. The number of methoxy groups -OCH3 is 1. The Morgan fingerprint density at radius 3 is 1.91 bits per heavy atom. The Kier molecular flexibility index (Phi) is 11.3. The molecule has 0 spiro atoms. The first-order chi connectivity index (χ1) is 16.7. The molecule has 1 aliphatic rings. The van der Waals surface area contributed by atoms with Gasteiger partial charge in [-0.05, 0) is 73.2 Å². The molecule has 0 bridgehead atoms. The van der Waals surface area contributed by atoms with Crippen LogP contribution in [0.4, 0.5) is 0 Å². The van der Waals surface area contributed by atoms with Crippen molar-refractivity contribution in [2.24, 2.45) is 11.8 Å². The normalized spacial score (nSPS) is 17.8. The minimum absolute atomic E-state index is 0.387. The van der Waals surface area contributed by atoms with E-state index in [1.54, 1.807) is 43.5 Å². The van der Waals surface area contributed by atoms with Crippen molar-refractivity contribution < 1.29 is 19.0 Å². The summed E-state index contributed by atoms with van der Waals surface area (Å²) in [6, 6.07) is 14.2. The van der Waals surface area contributed by atoms with E-state index in [0.717, 1.165) is 30.6 Å². The number of hydrogen-bond donors (Lipinski definition) is 0. The largest absolute Gasteiger partial charge is 0.497 e. The summed E-state index contributed by atoms with van der Waals surface area (Å²) < 4.78 is 16.5. The lowest BCUT2D eigenvalue weighted by Crippen LogP contribution is -2.15. The minimum Gasteiger partial charge on any atom is -0.497 e. The maximum Gasteiger partial charge on any atom is 0.343 e. The number of rotatable bonds is 14. The zero-order valence-corrected chi connectivity index (χ0v) is 21.1. The second-order valence-electron chi connectivity index (χ2n) is 9.67. The Hall–Kier alpha value is -2.49. The van der Waals surface area contributed by atoms with Crippen LogP contribution in [0, 0.1) is 11.8 Å². The van der Waals surface area contributed by atoms with Crippen LogP contribution in [-0.4, -0.2) is 19.7 Å². The van der Waals surface area contributed by atoms with Crippen molar-refractivity contribution in [3.05, 3.63) is 54.1 Å². The third-order valence-corrected chi connectivity index (χ3v) is 7.07. The summed E-state index contributed by atoms with van der Waals surface area (Å²) in [5.74, 6) is 3.50. The van der Waals surface area contributed by atoms with Crippen LogP contribution in [0.3, 0.4) is 0 Å². The van der Waals surface area contributed by atoms with E-state index in [1.807, 2.05) is 12.1 Å². The van der Waals surface area contributed by atoms with Crippen LogP contribution in [0.5, 0.6) is 17.2 Å². The van der Waals surface area contributed by atoms with Gasteiger partial charge in [0.05, 0.1) is 19.3 Å². The molecular weight excluding hydrogens is 424 g/mol. The predicted molar refractivity (Wildman–Crippen MR) is 138 cm³/mol. The molecule has 0 amide bonds. The van der Waals surface area contributed by atoms with Crippen molar-refractivity contribution in [1.29, 1.82) is 0 Å². The van der Waals surface area contributed by atoms with Gasteiger partial charge in [0.15, 0.2) is 0 Å². The fourth-order valence-corrected chi connectivity index (χ4v) is 4.90. The van der Waals surface area contributed by atoms with Crippen LogP contribution in [0.2, 0.25) is 0 Å². The highest BCUT2D eigenvalue weighted by Crippen LogP contribution is 2.34. The van der Waals surface area contributed by atoms with Gasteiger partial charge in [-0.1, -0.05) is 71.1 Å². The molecule has 0 saturated heterocycles. The first kappa shape index (κ1) is 26.1. The predicted octanol–water partition coefficient (Wildman–Crippen LogP) is 8.24. The number of esters is 1. The van der Waals surface area contributed by atoms with Gasteiger partial charge < -0.3 is 14.2 Å². The van der Waals surface area contributed by atoms with E-state index in [-0.39, 0.29) is 5.97 Å². The second kappa shape index (κ2) is 14.7. The molecule has 186 valence electrons. The summed E-state index contributed by atoms with van der Waals surface area (Å²) in [6.45, 7) is 3.02. The summed E-state index contributed by atoms with van der Waals surface area (Å²) >= 11 is 0. The lowest BCUT2D eigenvalue weighted by atomic mass is 9.78. The molecule has 0 unspecified atom stereocenters. The van der Waals surface area contributed by atoms with Crippen LogP contribution in [0.1, 0.15) is 94.3 Å². The van der Waals surface area contributed by atoms with Crippen molar-refractivity contribution in [3.8, 4) is 17.2 Å². The monoisotopic (exact) mass is 466 g/mol. The Bertz CT molecular complexity index is 820. The molecule has 4 nitrogen and oxygen atoms in total. The van der Waals surface area contributed by atoms with Crippen molar-refractivity contribution in [2.75, 3.05) is 13.7 Å². The quantitative estimate of drug-likeness (QED) is 0.160. The Morgan fingerprint density at radius 2 is 1.29 bits per heavy atom. The van der Waals surface area contributed by atoms with Gasteiger partial charge in [0.1, 0.15) is 17.2 Å². The van der Waals surface area contributed by atoms with E-state index in [4.69, 9.17) is 14.2 Å². The molecule has 0 aromatic heterocycles. The van der Waals surface area contributed by atoms with Crippen LogP contribution in [0.15, 0.2) is 48.5 Å². The maximum absolute atomic E-state index is 12.3. The van der Waals surface area contributed by atoms with E-state index in [9.17, 15) is 4.79 Å². The van der Waals surface area contributed by atoms with Gasteiger partial charge in [-0.3, -0.25) is 0 Å². The average Bonchev–Trinajstić information content (AvgIpc) is 2.88. The van der Waals surface area contributed by atoms with E-state index in [2.05, 4.69) is 6.92 Å². The highest BCUT2D eigenvalue weighted by atomic mass is 16.5. The molecule has 0 N–H and O–H groups in total. The summed E-state index contributed by atoms with van der Waals surface area (Å²) in [4.78, 5) is 12.3. The highest BCUT2D eigenvalue weighted by molar-refractivity contribution is 5.91. The summed E-state index contributed by atoms with van der Waals surface area (Å²) in [7, 11) is 1.60. The fourth-order valence-electron chi connectivity index (χ4n) is 4.90. The van der Waals surface area contributed by atoms with Gasteiger partial charge in [0, 0.05) is 0 Å². The molecule has 0 heterocycles. The number of benzene rings is 2. The molecule has 2 aromatic rings. The molecule has 1 fully saturated rings. The topological polar surface area (TPSA) is 44.8 Å². The summed E-state index contributed by atoms with van der Waals surface area (Å²) in [5, 5.41) is 0. The zero-order chi connectivity index (χ0) is 24.0. The van der Waals surface area contributed by atoms with Crippen LogP contribution in [0.25, 0.3) is 0 Å². The molecule has 0 aliphatic heterocycles. The molecule has 1 aliphatic carbocycles. The van der Waals surface area contributed by atoms with Crippen molar-refractivity contribution in [2.45, 2.75) is 84.0 Å². The lowest BCUT2D eigenvalue weighted by Gasteiger charge is -2.28. The highest BCUT2D eigenvalue weighted by Gasteiger charge is 2.20. The van der Waals surface area contributed by atoms with E-state index in [0.29, 0.717) is 17.1 Å². The molecule has 3 rings (SSSR count). The molecule has 0 radical (unpaired) electrons. The van der Waals surface area contributed by atoms with E-state index < -0.39 is 0 Å². The third-order valence-electron chi connectivity index (χ3n) is 7.07. The Labute approximate surface area is 206 Å². The van der Waals surface area contributed by atoms with Crippen LogP contribution in [-0.2, 0) is 0 Å². The average molecular weight is 467 g/mol. The van der Waals surface area contributed by atoms with Crippen molar-refractivity contribution in [1.82, 2.24) is 0 Å². The van der Waals surface area contributed by atoms with Gasteiger partial charge in [-0.25, -0.2) is 4.79 Å². The SMILES string of the molecule is CCCCCCC[C@H]1CC[C@H](CCCOc2ccc(OC(=O)c3ccc(OC)cc3)cc2)CC1. The number of carbonyl (C=O) groups excluding carboxylic acids is 1. The fraction of sp³-hybridized carbons (Fsp3) is 0.567. The van der Waals surface area contributed by atoms with Crippen LogP contribution < -0.4 is 14.2 Å². The summed E-state index contributed by atoms with van der Waals surface area (Å²) in [6.07, 6.45) is 16.5. The number of carbonyl (C=O) groups is 1. The van der Waals surface area contributed by atoms with E-state index in [1.165, 1.54) is 70.6 Å². The second-order valence-corrected chi connectivity index (χ2v) is 9.67. The molecule has 1 saturated carbocycles. The van der Waals surface area contributed by atoms with Gasteiger partial charge >= 0.3 is 5.97 Å². The molecule has 0 atom stereocenters. The summed E-state index contributed by atoms with van der Waals surface area (Å²) in [5.41, 5.74) is 0.488. The molecule has 34 heavy (non-hydrogen) atoms. The van der Waals surface area contributed by atoms with Gasteiger partial charge in [0.25, 0.3) is 0 Å². The molecular formula is C30H42O4. The minimum atomic E-state index is -0.387. The standard InChI is InChI=1S/C30H42O4/c1-3-4-5-6-7-9-24-11-13-25(14-12-24)10-8-23-33-28-19-21-29(22-20-28)34-30(31)26-15-17-27(32-2)18-16-26/h15-22,24-25H,3-14,23H2,1-2H3/t24-,25-. The Morgan fingerprint density at radius 1 is 0.735 bits per heavy atom. The smallest absolute Gasteiger partial charge is 0.343 e. The van der Waals surface area contributed by atoms with Crippen molar-refractivity contribution in [3.63, 3.8) is 0 Å². The van der Waals surface area contributed by atoms with Gasteiger partial charge in [0.2, 0.25) is 0 Å². The molecule has 4 heteroatoms. The number of unbranched alkanes of at least 4 members (excludes halogenated alkanes) is 4. The van der Waals surface area contributed by atoms with Crippen molar-refractivity contribution >= 4 is 5.97 Å². The van der Waals surface area contributed by atoms with Gasteiger partial charge in [-0.2, -0.15) is 0 Å². The van der Waals surface area contributed by atoms with E-state index >= 15 is 0 Å². The van der Waals surface area contributed by atoms with Crippen LogP contribution >= 0.6 is 0 Å². The zero-order valence-electron chi connectivity index (χ0n) is 21.1. The first-order valence-electron chi connectivity index (χ1n) is 13.3. The molecule has 2 aromatic carbocycles. The maximum atomic E-state index is 12.3. The number of ether oxygens (including phenoxy) is 3. The first-order valence-corrected chi connectivity index (χ1v) is 13.3.